The van der Waals surface area contributed by atoms with Crippen LogP contribution in [0.1, 0.15) is 29.7 Å². The van der Waals surface area contributed by atoms with Crippen LogP contribution in [0.5, 0.6) is 11.5 Å². The molecule has 0 aliphatic carbocycles. The summed E-state index contributed by atoms with van der Waals surface area (Å²) in [6.45, 7) is 4.79. The lowest BCUT2D eigenvalue weighted by Crippen LogP contribution is -2.06. The van der Waals surface area contributed by atoms with Crippen LogP contribution in [0.3, 0.4) is 0 Å². The number of hydrogen-bond donors (Lipinski definition) is 1. The largest absolute Gasteiger partial charge is 0.496 e. The minimum atomic E-state index is 0.321. The van der Waals surface area contributed by atoms with Crippen LogP contribution in [-0.2, 0) is 6.42 Å². The Morgan fingerprint density at radius 2 is 2.05 bits per heavy atom. The number of ether oxygens (including phenoxy) is 2. The summed E-state index contributed by atoms with van der Waals surface area (Å²) in [6.07, 6.45) is 0.988. The third-order valence-electron chi connectivity index (χ3n) is 3.96. The summed E-state index contributed by atoms with van der Waals surface area (Å²) in [5, 5.41) is 3.59. The monoisotopic (exact) mass is 283 g/mol. The Morgan fingerprint density at radius 3 is 2.76 bits per heavy atom. The second kappa shape index (κ2) is 5.68. The molecule has 1 unspecified atom stereocenters. The van der Waals surface area contributed by atoms with Crippen LogP contribution in [0, 0.1) is 6.92 Å². The lowest BCUT2D eigenvalue weighted by atomic mass is 10.0. The van der Waals surface area contributed by atoms with Gasteiger partial charge in [-0.3, -0.25) is 0 Å². The molecule has 0 saturated heterocycles. The van der Waals surface area contributed by atoms with Gasteiger partial charge in [-0.05, 0) is 61.2 Å². The van der Waals surface area contributed by atoms with Crippen molar-refractivity contribution in [1.82, 2.24) is 0 Å². The van der Waals surface area contributed by atoms with Gasteiger partial charge in [-0.2, -0.15) is 0 Å². The molecule has 1 atom stereocenters. The number of hydrogen-bond acceptors (Lipinski definition) is 3. The Labute approximate surface area is 125 Å². The zero-order chi connectivity index (χ0) is 14.8. The standard InChI is InChI=1S/C18H21NO2/c1-4-21-15-6-7-16-14(10-15)11-17(19-16)13-5-8-18(20-3)12(2)9-13/h5-10,17,19H,4,11H2,1-3H3. The van der Waals surface area contributed by atoms with E-state index in [-0.39, 0.29) is 0 Å². The van der Waals surface area contributed by atoms with Gasteiger partial charge in [0.25, 0.3) is 0 Å². The number of aryl methyl sites for hydroxylation is 1. The molecule has 21 heavy (non-hydrogen) atoms. The summed E-state index contributed by atoms with van der Waals surface area (Å²) >= 11 is 0. The summed E-state index contributed by atoms with van der Waals surface area (Å²) in [5.74, 6) is 1.89. The van der Waals surface area contributed by atoms with Crippen molar-refractivity contribution in [2.24, 2.45) is 0 Å². The van der Waals surface area contributed by atoms with Crippen molar-refractivity contribution >= 4 is 5.69 Å². The maximum atomic E-state index is 5.58. The van der Waals surface area contributed by atoms with Crippen molar-refractivity contribution in [3.63, 3.8) is 0 Å². The molecule has 0 bridgehead atoms. The number of nitrogens with one attached hydrogen (secondary N) is 1. The van der Waals surface area contributed by atoms with E-state index in [2.05, 4.69) is 36.5 Å². The van der Waals surface area contributed by atoms with E-state index in [9.17, 15) is 0 Å². The van der Waals surface area contributed by atoms with Gasteiger partial charge in [0.15, 0.2) is 0 Å². The first-order chi connectivity index (χ1) is 10.2. The van der Waals surface area contributed by atoms with E-state index in [1.165, 1.54) is 22.4 Å². The third-order valence-corrected chi connectivity index (χ3v) is 3.96. The molecule has 1 N–H and O–H groups in total. The molecule has 0 aromatic heterocycles. The molecule has 3 rings (SSSR count). The Bertz CT molecular complexity index is 652. The Morgan fingerprint density at radius 1 is 1.19 bits per heavy atom. The van der Waals surface area contributed by atoms with Gasteiger partial charge in [0.05, 0.1) is 19.8 Å². The number of rotatable bonds is 4. The predicted octanol–water partition coefficient (Wildman–Crippen LogP) is 4.11. The Hall–Kier alpha value is -2.16. The van der Waals surface area contributed by atoms with Gasteiger partial charge in [-0.1, -0.05) is 12.1 Å². The molecule has 0 radical (unpaired) electrons. The normalized spacial score (nSPS) is 16.2. The first-order valence-electron chi connectivity index (χ1n) is 7.38. The molecule has 110 valence electrons. The molecule has 2 aromatic rings. The van der Waals surface area contributed by atoms with Crippen molar-refractivity contribution in [2.75, 3.05) is 19.0 Å². The summed E-state index contributed by atoms with van der Waals surface area (Å²) < 4.78 is 10.9. The van der Waals surface area contributed by atoms with Crippen molar-refractivity contribution in [2.45, 2.75) is 26.3 Å². The average Bonchev–Trinajstić information content (AvgIpc) is 2.90. The van der Waals surface area contributed by atoms with E-state index >= 15 is 0 Å². The molecule has 3 nitrogen and oxygen atoms in total. The summed E-state index contributed by atoms with van der Waals surface area (Å²) in [4.78, 5) is 0. The number of methoxy groups -OCH3 is 1. The van der Waals surface area contributed by atoms with E-state index in [4.69, 9.17) is 9.47 Å². The zero-order valence-electron chi connectivity index (χ0n) is 12.8. The molecule has 1 heterocycles. The second-order valence-electron chi connectivity index (χ2n) is 5.38. The Balaban J connectivity index is 1.82. The molecule has 1 aliphatic rings. The highest BCUT2D eigenvalue weighted by Crippen LogP contribution is 2.37. The van der Waals surface area contributed by atoms with Crippen LogP contribution < -0.4 is 14.8 Å². The first kappa shape index (κ1) is 13.8. The number of fused-ring (bicyclic) bond motifs is 1. The van der Waals surface area contributed by atoms with Crippen molar-refractivity contribution < 1.29 is 9.47 Å². The topological polar surface area (TPSA) is 30.5 Å². The quantitative estimate of drug-likeness (QED) is 0.916. The molecule has 0 fully saturated rings. The minimum Gasteiger partial charge on any atom is -0.496 e. The van der Waals surface area contributed by atoms with Crippen molar-refractivity contribution in [3.8, 4) is 11.5 Å². The number of anilines is 1. The Kier molecular flexibility index (Phi) is 3.74. The first-order valence-corrected chi connectivity index (χ1v) is 7.38. The highest BCUT2D eigenvalue weighted by molar-refractivity contribution is 5.60. The van der Waals surface area contributed by atoms with Gasteiger partial charge < -0.3 is 14.8 Å². The van der Waals surface area contributed by atoms with E-state index in [1.807, 2.05) is 19.1 Å². The van der Waals surface area contributed by atoms with Crippen LogP contribution in [0.4, 0.5) is 5.69 Å². The highest BCUT2D eigenvalue weighted by Gasteiger charge is 2.22. The maximum Gasteiger partial charge on any atom is 0.121 e. The van der Waals surface area contributed by atoms with Crippen LogP contribution in [-0.4, -0.2) is 13.7 Å². The fourth-order valence-corrected chi connectivity index (χ4v) is 2.91. The molecule has 0 spiro atoms. The molecule has 2 aromatic carbocycles. The highest BCUT2D eigenvalue weighted by atomic mass is 16.5. The van der Waals surface area contributed by atoms with Crippen LogP contribution in [0.25, 0.3) is 0 Å². The molecular formula is C18H21NO2. The van der Waals surface area contributed by atoms with E-state index in [0.29, 0.717) is 12.6 Å². The van der Waals surface area contributed by atoms with Gasteiger partial charge in [0.1, 0.15) is 11.5 Å². The number of benzene rings is 2. The predicted molar refractivity (Wildman–Crippen MR) is 85.4 cm³/mol. The lowest BCUT2D eigenvalue weighted by molar-refractivity contribution is 0.340. The third kappa shape index (κ3) is 2.68. The van der Waals surface area contributed by atoms with Gasteiger partial charge in [0.2, 0.25) is 0 Å². The zero-order valence-corrected chi connectivity index (χ0v) is 12.8. The van der Waals surface area contributed by atoms with E-state index in [0.717, 1.165) is 17.9 Å². The summed E-state index contributed by atoms with van der Waals surface area (Å²) in [6, 6.07) is 13.0. The average molecular weight is 283 g/mol. The summed E-state index contributed by atoms with van der Waals surface area (Å²) in [7, 11) is 1.71. The smallest absolute Gasteiger partial charge is 0.121 e. The second-order valence-corrected chi connectivity index (χ2v) is 5.38. The molecule has 3 heteroatoms. The van der Waals surface area contributed by atoms with E-state index in [1.54, 1.807) is 7.11 Å². The minimum absolute atomic E-state index is 0.321. The molecule has 1 aliphatic heterocycles. The van der Waals surface area contributed by atoms with Gasteiger partial charge in [-0.25, -0.2) is 0 Å². The lowest BCUT2D eigenvalue weighted by Gasteiger charge is -2.14. The van der Waals surface area contributed by atoms with Crippen molar-refractivity contribution in [1.29, 1.82) is 0 Å². The van der Waals surface area contributed by atoms with Gasteiger partial charge in [-0.15, -0.1) is 0 Å². The maximum absolute atomic E-state index is 5.58. The molecule has 0 amide bonds. The van der Waals surface area contributed by atoms with Gasteiger partial charge >= 0.3 is 0 Å². The van der Waals surface area contributed by atoms with Crippen LogP contribution >= 0.6 is 0 Å². The van der Waals surface area contributed by atoms with Crippen LogP contribution in [0.2, 0.25) is 0 Å². The van der Waals surface area contributed by atoms with Gasteiger partial charge in [0, 0.05) is 5.69 Å². The van der Waals surface area contributed by atoms with E-state index < -0.39 is 0 Å². The fourth-order valence-electron chi connectivity index (χ4n) is 2.91. The molecular weight excluding hydrogens is 262 g/mol. The van der Waals surface area contributed by atoms with Crippen LogP contribution in [0.15, 0.2) is 36.4 Å². The molecule has 0 saturated carbocycles. The SMILES string of the molecule is CCOc1ccc2c(c1)CC(c1ccc(OC)c(C)c1)N2. The fraction of sp³-hybridized carbons (Fsp3) is 0.333. The summed E-state index contributed by atoms with van der Waals surface area (Å²) in [5.41, 5.74) is 4.99. The van der Waals surface area contributed by atoms with Crippen molar-refractivity contribution in [3.05, 3.63) is 53.1 Å².